The first-order valence-electron chi connectivity index (χ1n) is 17.6. The molecule has 1 aromatic heterocycles. The molecule has 52 heavy (non-hydrogen) atoms. The topological polar surface area (TPSA) is 177 Å². The van der Waals surface area contributed by atoms with Gasteiger partial charge in [0.15, 0.2) is 0 Å². The maximum atomic E-state index is 13.0. The van der Waals surface area contributed by atoms with Gasteiger partial charge in [0, 0.05) is 56.3 Å². The number of nitrogens with zero attached hydrogens (tertiary/aromatic N) is 1. The van der Waals surface area contributed by atoms with Crippen LogP contribution < -0.4 is 35.5 Å². The van der Waals surface area contributed by atoms with Crippen LogP contribution in [0.4, 0.5) is 5.82 Å². The van der Waals surface area contributed by atoms with Gasteiger partial charge in [-0.3, -0.25) is 19.2 Å². The number of carbonyl (C=O) groups is 4. The molecular formula is C38H51N5O8S. The van der Waals surface area contributed by atoms with Crippen molar-refractivity contribution in [2.24, 2.45) is 0 Å². The van der Waals surface area contributed by atoms with Gasteiger partial charge in [-0.15, -0.1) is 0 Å². The summed E-state index contributed by atoms with van der Waals surface area (Å²) in [5, 5.41) is 21.3. The van der Waals surface area contributed by atoms with E-state index < -0.39 is 12.0 Å². The number of hydrogen-bond donors (Lipinski definition) is 6. The number of pyridine rings is 1. The van der Waals surface area contributed by atoms with Crippen molar-refractivity contribution in [3.8, 4) is 17.2 Å². The van der Waals surface area contributed by atoms with Crippen LogP contribution in [0.2, 0.25) is 0 Å². The quantitative estimate of drug-likeness (QED) is 0.0502. The monoisotopic (exact) mass is 737 g/mol. The second-order valence-corrected chi connectivity index (χ2v) is 12.5. The van der Waals surface area contributed by atoms with E-state index in [0.717, 1.165) is 42.8 Å². The Morgan fingerprint density at radius 2 is 1.40 bits per heavy atom. The molecule has 0 saturated carbocycles. The molecule has 0 saturated heterocycles. The number of aliphatic carboxylic acids is 1. The van der Waals surface area contributed by atoms with E-state index in [4.69, 9.17) is 14.2 Å². The van der Waals surface area contributed by atoms with Gasteiger partial charge in [0.1, 0.15) is 23.1 Å². The molecule has 0 fully saturated rings. The van der Waals surface area contributed by atoms with Crippen molar-refractivity contribution in [1.29, 1.82) is 0 Å². The number of unbranched alkanes of at least 4 members (excludes halogenated alkanes) is 2. The summed E-state index contributed by atoms with van der Waals surface area (Å²) < 4.78 is 16.8. The third-order valence-corrected chi connectivity index (χ3v) is 8.02. The van der Waals surface area contributed by atoms with Crippen molar-refractivity contribution in [1.82, 2.24) is 20.9 Å². The normalized spacial score (nSPS) is 11.2. The molecule has 0 aliphatic heterocycles. The Kier molecular flexibility index (Phi) is 19.3. The van der Waals surface area contributed by atoms with Crippen molar-refractivity contribution in [3.05, 3.63) is 78.0 Å². The number of aromatic nitrogens is 1. The zero-order valence-corrected chi connectivity index (χ0v) is 30.6. The number of carbonyl (C=O) groups excluding carboxylic acids is 3. The molecule has 0 aliphatic rings. The lowest BCUT2D eigenvalue weighted by Crippen LogP contribution is -2.38. The van der Waals surface area contributed by atoms with Crippen LogP contribution in [0, 0.1) is 0 Å². The largest absolute Gasteiger partial charge is 0.497 e. The number of carboxylic acids is 1. The van der Waals surface area contributed by atoms with Gasteiger partial charge in [-0.25, -0.2) is 4.98 Å². The van der Waals surface area contributed by atoms with Gasteiger partial charge in [-0.2, -0.15) is 12.6 Å². The summed E-state index contributed by atoms with van der Waals surface area (Å²) in [7, 11) is 1.61. The van der Waals surface area contributed by atoms with Crippen molar-refractivity contribution < 1.29 is 38.5 Å². The van der Waals surface area contributed by atoms with Crippen LogP contribution in [0.15, 0.2) is 66.9 Å². The zero-order valence-electron chi connectivity index (χ0n) is 29.7. The van der Waals surface area contributed by atoms with Crippen LogP contribution in [0.3, 0.4) is 0 Å². The molecule has 1 heterocycles. The highest BCUT2D eigenvalue weighted by atomic mass is 32.1. The van der Waals surface area contributed by atoms with E-state index in [9.17, 15) is 24.3 Å². The van der Waals surface area contributed by atoms with Crippen LogP contribution >= 0.6 is 12.6 Å². The first-order chi connectivity index (χ1) is 25.2. The zero-order chi connectivity index (χ0) is 37.4. The number of ether oxygens (including phenoxy) is 3. The van der Waals surface area contributed by atoms with Crippen LogP contribution in [-0.2, 0) is 20.8 Å². The van der Waals surface area contributed by atoms with Crippen molar-refractivity contribution in [3.63, 3.8) is 0 Å². The lowest BCUT2D eigenvalue weighted by atomic mass is 10.0. The maximum absolute atomic E-state index is 13.0. The number of carboxylic acid groups (broad SMARTS) is 1. The summed E-state index contributed by atoms with van der Waals surface area (Å²) in [6.45, 7) is 2.67. The number of hydrogen-bond acceptors (Lipinski definition) is 10. The van der Waals surface area contributed by atoms with E-state index in [1.165, 1.54) is 0 Å². The van der Waals surface area contributed by atoms with Crippen LogP contribution in [0.1, 0.15) is 67.3 Å². The van der Waals surface area contributed by atoms with Gasteiger partial charge in [-0.05, 0) is 85.9 Å². The molecule has 0 radical (unpaired) electrons. The second-order valence-electron chi connectivity index (χ2n) is 12.0. The lowest BCUT2D eigenvalue weighted by Gasteiger charge is -2.18. The predicted molar refractivity (Wildman–Crippen MR) is 203 cm³/mol. The maximum Gasteiger partial charge on any atom is 0.305 e. The Morgan fingerprint density at radius 3 is 2.06 bits per heavy atom. The average Bonchev–Trinajstić information content (AvgIpc) is 3.13. The van der Waals surface area contributed by atoms with Crippen LogP contribution in [-0.4, -0.2) is 85.5 Å². The number of nitrogens with one attached hydrogen (secondary N) is 4. The highest BCUT2D eigenvalue weighted by Gasteiger charge is 2.18. The third kappa shape index (κ3) is 17.3. The van der Waals surface area contributed by atoms with E-state index >= 15 is 0 Å². The van der Waals surface area contributed by atoms with Crippen molar-refractivity contribution in [2.45, 2.75) is 63.8 Å². The van der Waals surface area contributed by atoms with Gasteiger partial charge >= 0.3 is 5.97 Å². The molecule has 0 spiro atoms. The molecule has 282 valence electrons. The summed E-state index contributed by atoms with van der Waals surface area (Å²) >= 11 is 4.03. The molecule has 0 aliphatic carbocycles. The van der Waals surface area contributed by atoms with E-state index in [0.29, 0.717) is 81.3 Å². The SMILES string of the molecule is COc1ccnc(NCCCOc2ccc(C[C@@H](CC(=O)O)NC(=O)c3ccc(OCCCNC(=O)CCCCCNC(=O)CCS)cc3)cc2)c1. The Balaban J connectivity index is 1.32. The first-order valence-corrected chi connectivity index (χ1v) is 18.2. The lowest BCUT2D eigenvalue weighted by molar-refractivity contribution is -0.137. The van der Waals surface area contributed by atoms with Gasteiger partial charge < -0.3 is 40.6 Å². The Morgan fingerprint density at radius 1 is 0.769 bits per heavy atom. The molecule has 2 aromatic carbocycles. The van der Waals surface area contributed by atoms with Gasteiger partial charge in [0.2, 0.25) is 11.8 Å². The third-order valence-electron chi connectivity index (χ3n) is 7.79. The number of benzene rings is 2. The highest BCUT2D eigenvalue weighted by Crippen LogP contribution is 2.17. The molecule has 3 aromatic rings. The molecule has 3 amide bonds. The highest BCUT2D eigenvalue weighted by molar-refractivity contribution is 7.80. The Bertz CT molecular complexity index is 1520. The minimum absolute atomic E-state index is 0.0000124. The average molecular weight is 738 g/mol. The molecule has 5 N–H and O–H groups in total. The molecule has 0 bridgehead atoms. The summed E-state index contributed by atoms with van der Waals surface area (Å²) in [6, 6.07) is 17.0. The number of amides is 3. The van der Waals surface area contributed by atoms with Gasteiger partial charge in [0.05, 0.1) is 26.7 Å². The molecular weight excluding hydrogens is 687 g/mol. The first kappa shape index (κ1) is 41.4. The minimum Gasteiger partial charge on any atom is -0.497 e. The number of anilines is 1. The molecule has 3 rings (SSSR count). The smallest absolute Gasteiger partial charge is 0.305 e. The summed E-state index contributed by atoms with van der Waals surface area (Å²) in [6.07, 6.45) is 6.47. The van der Waals surface area contributed by atoms with Gasteiger partial charge in [0.25, 0.3) is 5.91 Å². The number of rotatable bonds is 26. The molecule has 13 nitrogen and oxygen atoms in total. The van der Waals surface area contributed by atoms with E-state index in [-0.39, 0.29) is 24.1 Å². The van der Waals surface area contributed by atoms with Crippen molar-refractivity contribution >= 4 is 42.1 Å². The molecule has 14 heteroatoms. The number of methoxy groups -OCH3 is 1. The van der Waals surface area contributed by atoms with Crippen LogP contribution in [0.25, 0.3) is 0 Å². The van der Waals surface area contributed by atoms with Gasteiger partial charge in [-0.1, -0.05) is 18.6 Å². The fourth-order valence-corrected chi connectivity index (χ4v) is 5.26. The summed E-state index contributed by atoms with van der Waals surface area (Å²) in [5.74, 6) is 1.87. The summed E-state index contributed by atoms with van der Waals surface area (Å²) in [5.41, 5.74) is 1.25. The fourth-order valence-electron chi connectivity index (χ4n) is 5.06. The second kappa shape index (κ2) is 24.2. The predicted octanol–water partition coefficient (Wildman–Crippen LogP) is 4.67. The Hall–Kier alpha value is -4.98. The fraction of sp³-hybridized carbons (Fsp3) is 0.447. The standard InChI is InChI=1S/C38H51N5O8S/c1-49-33-16-21-40-34(27-33)39-19-5-22-50-31-12-8-28(9-13-31)25-30(26-37(46)47)43-38(48)29-10-14-32(15-11-29)51-23-6-20-42-35(44)7-3-2-4-18-41-36(45)17-24-52/h8-16,21,27,30,52H,2-7,17-20,22-26H2,1H3,(H,39,40)(H,41,45)(H,42,44)(H,43,48)(H,46,47)/t30-/m0/s1. The Labute approximate surface area is 311 Å². The van der Waals surface area contributed by atoms with E-state index in [1.807, 2.05) is 30.3 Å². The summed E-state index contributed by atoms with van der Waals surface area (Å²) in [4.78, 5) is 52.3. The van der Waals surface area contributed by atoms with E-state index in [1.54, 1.807) is 43.6 Å². The van der Waals surface area contributed by atoms with Crippen LogP contribution in [0.5, 0.6) is 17.2 Å². The van der Waals surface area contributed by atoms with E-state index in [2.05, 4.69) is 38.9 Å². The molecule has 1 atom stereocenters. The number of thiol groups is 1. The van der Waals surface area contributed by atoms with Crippen molar-refractivity contribution in [2.75, 3.05) is 51.0 Å². The minimum atomic E-state index is -1.01. The molecule has 0 unspecified atom stereocenters.